The SMILES string of the molecule is CCCCN(CCCC)CCCn1nc(I)c2ccccc21. The van der Waals surface area contributed by atoms with Gasteiger partial charge in [0.2, 0.25) is 0 Å². The van der Waals surface area contributed by atoms with E-state index in [0.717, 1.165) is 10.2 Å². The standard InChI is InChI=1S/C18H28IN3/c1-3-5-12-21(13-6-4-2)14-9-15-22-17-11-8-7-10-16(17)18(19)20-22/h7-8,10-11H,3-6,9,12-15H2,1-2H3. The predicted molar refractivity (Wildman–Crippen MR) is 103 cm³/mol. The number of unbranched alkanes of at least 4 members (excludes halogenated alkanes) is 2. The highest BCUT2D eigenvalue weighted by Crippen LogP contribution is 2.20. The van der Waals surface area contributed by atoms with Gasteiger partial charge in [0, 0.05) is 11.9 Å². The van der Waals surface area contributed by atoms with Gasteiger partial charge in [0.1, 0.15) is 3.70 Å². The second kappa shape index (κ2) is 9.50. The van der Waals surface area contributed by atoms with Crippen molar-refractivity contribution in [2.45, 2.75) is 52.5 Å². The van der Waals surface area contributed by atoms with E-state index in [-0.39, 0.29) is 0 Å². The van der Waals surface area contributed by atoms with Crippen LogP contribution in [0.15, 0.2) is 24.3 Å². The van der Waals surface area contributed by atoms with Gasteiger partial charge in [-0.25, -0.2) is 0 Å². The first-order valence-corrected chi connectivity index (χ1v) is 9.67. The van der Waals surface area contributed by atoms with E-state index in [0.29, 0.717) is 0 Å². The van der Waals surface area contributed by atoms with E-state index < -0.39 is 0 Å². The van der Waals surface area contributed by atoms with Gasteiger partial charge in [0.05, 0.1) is 5.52 Å². The van der Waals surface area contributed by atoms with Gasteiger partial charge >= 0.3 is 0 Å². The molecule has 0 fully saturated rings. The Morgan fingerprint density at radius 3 is 2.32 bits per heavy atom. The molecule has 0 saturated heterocycles. The third kappa shape index (κ3) is 4.95. The van der Waals surface area contributed by atoms with Crippen molar-refractivity contribution in [2.75, 3.05) is 19.6 Å². The number of nitrogens with zero attached hydrogens (tertiary/aromatic N) is 3. The zero-order chi connectivity index (χ0) is 15.8. The van der Waals surface area contributed by atoms with Crippen LogP contribution >= 0.6 is 22.6 Å². The maximum atomic E-state index is 4.70. The second-order valence-corrected chi connectivity index (χ2v) is 6.96. The van der Waals surface area contributed by atoms with Crippen molar-refractivity contribution in [3.63, 3.8) is 0 Å². The summed E-state index contributed by atoms with van der Waals surface area (Å²) in [7, 11) is 0. The molecule has 0 bridgehead atoms. The summed E-state index contributed by atoms with van der Waals surface area (Å²) in [6.07, 6.45) is 6.36. The van der Waals surface area contributed by atoms with Gasteiger partial charge < -0.3 is 4.90 Å². The molecule has 1 heterocycles. The number of aromatic nitrogens is 2. The number of aryl methyl sites for hydroxylation is 1. The number of benzene rings is 1. The quantitative estimate of drug-likeness (QED) is 0.515. The van der Waals surface area contributed by atoms with Gasteiger partial charge in [0.25, 0.3) is 0 Å². The molecule has 0 amide bonds. The van der Waals surface area contributed by atoms with Gasteiger partial charge in [-0.2, -0.15) is 5.10 Å². The molecule has 4 heteroatoms. The molecule has 0 radical (unpaired) electrons. The van der Waals surface area contributed by atoms with Gasteiger partial charge in [-0.1, -0.05) is 44.9 Å². The molecule has 3 nitrogen and oxygen atoms in total. The predicted octanol–water partition coefficient (Wildman–Crippen LogP) is 4.93. The van der Waals surface area contributed by atoms with Crippen LogP contribution in [0.1, 0.15) is 46.0 Å². The second-order valence-electron chi connectivity index (χ2n) is 5.93. The van der Waals surface area contributed by atoms with Gasteiger partial charge in [0.15, 0.2) is 0 Å². The van der Waals surface area contributed by atoms with Crippen molar-refractivity contribution in [3.8, 4) is 0 Å². The molecule has 1 aromatic heterocycles. The molecule has 0 spiro atoms. The van der Waals surface area contributed by atoms with Crippen LogP contribution < -0.4 is 0 Å². The summed E-state index contributed by atoms with van der Waals surface area (Å²) in [5.74, 6) is 0. The molecule has 2 aromatic rings. The Morgan fingerprint density at radius 2 is 1.64 bits per heavy atom. The van der Waals surface area contributed by atoms with Crippen LogP contribution in [0.25, 0.3) is 10.9 Å². The van der Waals surface area contributed by atoms with Crippen molar-refractivity contribution in [1.82, 2.24) is 14.7 Å². The minimum absolute atomic E-state index is 1.01. The number of halogens is 1. The topological polar surface area (TPSA) is 21.1 Å². The van der Waals surface area contributed by atoms with E-state index >= 15 is 0 Å². The minimum atomic E-state index is 1.01. The molecule has 22 heavy (non-hydrogen) atoms. The Hall–Kier alpha value is -0.620. The van der Waals surface area contributed by atoms with Crippen molar-refractivity contribution < 1.29 is 0 Å². The fourth-order valence-electron chi connectivity index (χ4n) is 2.80. The van der Waals surface area contributed by atoms with Crippen molar-refractivity contribution >= 4 is 33.5 Å². The van der Waals surface area contributed by atoms with Crippen molar-refractivity contribution in [2.24, 2.45) is 0 Å². The van der Waals surface area contributed by atoms with Crippen molar-refractivity contribution in [1.29, 1.82) is 0 Å². The third-order valence-electron chi connectivity index (χ3n) is 4.11. The average Bonchev–Trinajstić information content (AvgIpc) is 2.86. The molecule has 2 rings (SSSR count). The molecular weight excluding hydrogens is 385 g/mol. The van der Waals surface area contributed by atoms with E-state index in [2.05, 4.69) is 70.3 Å². The molecule has 0 N–H and O–H groups in total. The zero-order valence-corrected chi connectivity index (χ0v) is 16.1. The lowest BCUT2D eigenvalue weighted by atomic mass is 10.2. The maximum Gasteiger partial charge on any atom is 0.131 e. The normalized spacial score (nSPS) is 11.6. The number of para-hydroxylation sites is 1. The summed E-state index contributed by atoms with van der Waals surface area (Å²) >= 11 is 2.34. The molecule has 122 valence electrons. The first kappa shape index (κ1) is 17.7. The fourth-order valence-corrected chi connectivity index (χ4v) is 3.52. The Labute approximate surface area is 148 Å². The third-order valence-corrected chi connectivity index (χ3v) is 4.91. The number of hydrogen-bond donors (Lipinski definition) is 0. The van der Waals surface area contributed by atoms with E-state index in [1.807, 2.05) is 0 Å². The highest BCUT2D eigenvalue weighted by atomic mass is 127. The van der Waals surface area contributed by atoms with Gasteiger partial charge in [-0.05, 0) is 67.6 Å². The summed E-state index contributed by atoms with van der Waals surface area (Å²) in [6.45, 7) is 9.23. The number of fused-ring (bicyclic) bond motifs is 1. The number of rotatable bonds is 10. The summed E-state index contributed by atoms with van der Waals surface area (Å²) in [5.41, 5.74) is 1.26. The molecular formula is C18H28IN3. The van der Waals surface area contributed by atoms with Crippen LogP contribution in [0.3, 0.4) is 0 Å². The Kier molecular flexibility index (Phi) is 7.66. The zero-order valence-electron chi connectivity index (χ0n) is 13.9. The van der Waals surface area contributed by atoms with E-state index in [1.54, 1.807) is 0 Å². The van der Waals surface area contributed by atoms with E-state index in [1.165, 1.54) is 62.6 Å². The molecule has 0 aliphatic carbocycles. The lowest BCUT2D eigenvalue weighted by Crippen LogP contribution is -2.28. The molecule has 0 atom stereocenters. The monoisotopic (exact) mass is 413 g/mol. The Balaban J connectivity index is 1.90. The Morgan fingerprint density at radius 1 is 1.00 bits per heavy atom. The van der Waals surface area contributed by atoms with E-state index in [4.69, 9.17) is 5.10 Å². The van der Waals surface area contributed by atoms with Crippen LogP contribution in [0.5, 0.6) is 0 Å². The lowest BCUT2D eigenvalue weighted by Gasteiger charge is -2.21. The van der Waals surface area contributed by atoms with Gasteiger partial charge in [-0.15, -0.1) is 0 Å². The lowest BCUT2D eigenvalue weighted by molar-refractivity contribution is 0.256. The Bertz CT molecular complexity index is 556. The van der Waals surface area contributed by atoms with Crippen molar-refractivity contribution in [3.05, 3.63) is 28.0 Å². The maximum absolute atomic E-state index is 4.70. The molecule has 0 unspecified atom stereocenters. The molecule has 0 saturated carbocycles. The van der Waals surface area contributed by atoms with Crippen LogP contribution in [0.2, 0.25) is 0 Å². The van der Waals surface area contributed by atoms with Crippen LogP contribution in [-0.2, 0) is 6.54 Å². The van der Waals surface area contributed by atoms with Crippen LogP contribution in [0, 0.1) is 3.70 Å². The summed E-state index contributed by atoms with van der Waals surface area (Å²) in [6, 6.07) is 8.53. The molecule has 0 aliphatic rings. The van der Waals surface area contributed by atoms with Gasteiger partial charge in [-0.3, -0.25) is 4.68 Å². The molecule has 1 aromatic carbocycles. The van der Waals surface area contributed by atoms with Crippen LogP contribution in [0.4, 0.5) is 0 Å². The summed E-state index contributed by atoms with van der Waals surface area (Å²) in [4.78, 5) is 2.63. The van der Waals surface area contributed by atoms with Crippen LogP contribution in [-0.4, -0.2) is 34.3 Å². The largest absolute Gasteiger partial charge is 0.303 e. The average molecular weight is 413 g/mol. The number of hydrogen-bond acceptors (Lipinski definition) is 2. The molecule has 0 aliphatic heterocycles. The smallest absolute Gasteiger partial charge is 0.131 e. The van der Waals surface area contributed by atoms with E-state index in [9.17, 15) is 0 Å². The highest BCUT2D eigenvalue weighted by molar-refractivity contribution is 14.1. The summed E-state index contributed by atoms with van der Waals surface area (Å²) < 4.78 is 3.29. The summed E-state index contributed by atoms with van der Waals surface area (Å²) in [5, 5.41) is 5.97. The highest BCUT2D eigenvalue weighted by Gasteiger charge is 2.08. The fraction of sp³-hybridized carbons (Fsp3) is 0.611. The first-order valence-electron chi connectivity index (χ1n) is 8.59. The minimum Gasteiger partial charge on any atom is -0.303 e. The first-order chi connectivity index (χ1) is 10.8.